The van der Waals surface area contributed by atoms with Gasteiger partial charge in [0, 0.05) is 38.8 Å². The van der Waals surface area contributed by atoms with Crippen molar-refractivity contribution in [2.75, 3.05) is 46.9 Å². The minimum atomic E-state index is -3.75. The summed E-state index contributed by atoms with van der Waals surface area (Å²) in [5, 5.41) is 0. The SMILES string of the molecule is COc1ccc(C)c(S(=O)(=O)N2CCC[C@@H]2C(=O)N2CCN(C)CC2)c1. The van der Waals surface area contributed by atoms with Crippen molar-refractivity contribution in [3.8, 4) is 5.75 Å². The van der Waals surface area contributed by atoms with E-state index in [-0.39, 0.29) is 10.8 Å². The lowest BCUT2D eigenvalue weighted by Gasteiger charge is -2.35. The average molecular weight is 381 g/mol. The molecule has 0 N–H and O–H groups in total. The van der Waals surface area contributed by atoms with E-state index in [4.69, 9.17) is 4.74 Å². The molecule has 8 heteroatoms. The summed E-state index contributed by atoms with van der Waals surface area (Å²) in [7, 11) is -0.212. The Balaban J connectivity index is 1.86. The number of piperazine rings is 1. The number of carbonyl (C=O) groups excluding carboxylic acids is 1. The van der Waals surface area contributed by atoms with Gasteiger partial charge in [0.15, 0.2) is 0 Å². The second-order valence-electron chi connectivity index (χ2n) is 7.03. The molecular weight excluding hydrogens is 354 g/mol. The molecule has 0 unspecified atom stereocenters. The molecule has 3 rings (SSSR count). The van der Waals surface area contributed by atoms with Gasteiger partial charge in [-0.3, -0.25) is 4.79 Å². The van der Waals surface area contributed by atoms with Gasteiger partial charge in [-0.2, -0.15) is 4.31 Å². The fourth-order valence-corrected chi connectivity index (χ4v) is 5.52. The van der Waals surface area contributed by atoms with Crippen LogP contribution in [0, 0.1) is 6.92 Å². The first-order chi connectivity index (χ1) is 12.3. The van der Waals surface area contributed by atoms with Crippen molar-refractivity contribution in [2.45, 2.75) is 30.7 Å². The third-order valence-electron chi connectivity index (χ3n) is 5.29. The highest BCUT2D eigenvalue weighted by Gasteiger charge is 2.42. The van der Waals surface area contributed by atoms with Crippen molar-refractivity contribution in [3.63, 3.8) is 0 Å². The molecule has 0 radical (unpaired) electrons. The number of nitrogens with zero attached hydrogens (tertiary/aromatic N) is 3. The van der Waals surface area contributed by atoms with Gasteiger partial charge in [-0.25, -0.2) is 8.42 Å². The molecule has 26 heavy (non-hydrogen) atoms. The summed E-state index contributed by atoms with van der Waals surface area (Å²) in [6, 6.07) is 4.42. The Morgan fingerprint density at radius 2 is 1.85 bits per heavy atom. The average Bonchev–Trinajstić information content (AvgIpc) is 3.12. The maximum atomic E-state index is 13.3. The minimum Gasteiger partial charge on any atom is -0.497 e. The Bertz CT molecular complexity index is 773. The number of aryl methyl sites for hydroxylation is 1. The zero-order chi connectivity index (χ0) is 18.9. The number of amides is 1. The topological polar surface area (TPSA) is 70.2 Å². The molecule has 2 fully saturated rings. The molecule has 0 aliphatic carbocycles. The van der Waals surface area contributed by atoms with E-state index in [1.807, 2.05) is 7.05 Å². The molecule has 2 heterocycles. The first-order valence-electron chi connectivity index (χ1n) is 8.98. The fourth-order valence-electron chi connectivity index (χ4n) is 3.62. The van der Waals surface area contributed by atoms with E-state index in [9.17, 15) is 13.2 Å². The molecule has 1 aromatic carbocycles. The largest absolute Gasteiger partial charge is 0.497 e. The number of rotatable bonds is 4. The minimum absolute atomic E-state index is 0.0697. The fraction of sp³-hybridized carbons (Fsp3) is 0.611. The Morgan fingerprint density at radius 3 is 2.50 bits per heavy atom. The van der Waals surface area contributed by atoms with E-state index in [0.717, 1.165) is 13.1 Å². The number of ether oxygens (including phenoxy) is 1. The Kier molecular flexibility index (Phi) is 5.55. The second-order valence-corrected chi connectivity index (χ2v) is 8.89. The lowest BCUT2D eigenvalue weighted by Crippen LogP contribution is -2.53. The summed E-state index contributed by atoms with van der Waals surface area (Å²) in [6.45, 7) is 5.08. The predicted octanol–water partition coefficient (Wildman–Crippen LogP) is 0.931. The summed E-state index contributed by atoms with van der Waals surface area (Å²) in [6.07, 6.45) is 1.28. The van der Waals surface area contributed by atoms with Gasteiger partial charge in [0.05, 0.1) is 12.0 Å². The molecule has 1 atom stereocenters. The molecule has 1 aromatic rings. The Morgan fingerprint density at radius 1 is 1.15 bits per heavy atom. The van der Waals surface area contributed by atoms with Gasteiger partial charge in [-0.05, 0) is 38.4 Å². The second kappa shape index (κ2) is 7.54. The number of methoxy groups -OCH3 is 1. The monoisotopic (exact) mass is 381 g/mol. The summed E-state index contributed by atoms with van der Waals surface area (Å²) >= 11 is 0. The van der Waals surface area contributed by atoms with E-state index in [1.165, 1.54) is 11.4 Å². The summed E-state index contributed by atoms with van der Waals surface area (Å²) in [5.41, 5.74) is 0.656. The molecule has 0 aromatic heterocycles. The zero-order valence-corrected chi connectivity index (χ0v) is 16.5. The van der Waals surface area contributed by atoms with Crippen LogP contribution >= 0.6 is 0 Å². The van der Waals surface area contributed by atoms with Gasteiger partial charge >= 0.3 is 0 Å². The Labute approximate surface area is 155 Å². The molecule has 144 valence electrons. The van der Waals surface area contributed by atoms with Gasteiger partial charge in [-0.1, -0.05) is 6.07 Å². The highest BCUT2D eigenvalue weighted by molar-refractivity contribution is 7.89. The van der Waals surface area contributed by atoms with E-state index < -0.39 is 16.1 Å². The van der Waals surface area contributed by atoms with E-state index in [1.54, 1.807) is 30.0 Å². The summed E-state index contributed by atoms with van der Waals surface area (Å²) < 4.78 is 33.1. The van der Waals surface area contributed by atoms with Crippen LogP contribution in [0.25, 0.3) is 0 Å². The Hall–Kier alpha value is -1.64. The molecular formula is C18H27N3O4S. The lowest BCUT2D eigenvalue weighted by atomic mass is 10.2. The third kappa shape index (κ3) is 3.58. The number of hydrogen-bond acceptors (Lipinski definition) is 5. The van der Waals surface area contributed by atoms with Crippen molar-refractivity contribution < 1.29 is 17.9 Å². The molecule has 2 aliphatic rings. The van der Waals surface area contributed by atoms with Crippen LogP contribution in [0.1, 0.15) is 18.4 Å². The number of sulfonamides is 1. The third-order valence-corrected chi connectivity index (χ3v) is 7.34. The van der Waals surface area contributed by atoms with Crippen LogP contribution < -0.4 is 4.74 Å². The quantitative estimate of drug-likeness (QED) is 0.776. The molecule has 0 saturated carbocycles. The highest BCUT2D eigenvalue weighted by Crippen LogP contribution is 2.31. The van der Waals surface area contributed by atoms with Crippen LogP contribution in [0.4, 0.5) is 0 Å². The maximum absolute atomic E-state index is 13.3. The normalized spacial score (nSPS) is 22.6. The van der Waals surface area contributed by atoms with Gasteiger partial charge in [0.1, 0.15) is 11.8 Å². The van der Waals surface area contributed by atoms with Crippen LogP contribution in [0.5, 0.6) is 5.75 Å². The first kappa shape index (κ1) is 19.1. The number of carbonyl (C=O) groups is 1. The van der Waals surface area contributed by atoms with Gasteiger partial charge in [0.2, 0.25) is 15.9 Å². The van der Waals surface area contributed by atoms with E-state index in [2.05, 4.69) is 4.90 Å². The smallest absolute Gasteiger partial charge is 0.244 e. The van der Waals surface area contributed by atoms with Crippen LogP contribution in [-0.2, 0) is 14.8 Å². The van der Waals surface area contributed by atoms with Crippen LogP contribution in [0.15, 0.2) is 23.1 Å². The maximum Gasteiger partial charge on any atom is 0.244 e. The molecule has 2 aliphatic heterocycles. The molecule has 0 bridgehead atoms. The summed E-state index contributed by atoms with van der Waals surface area (Å²) in [4.78, 5) is 17.2. The predicted molar refractivity (Wildman–Crippen MR) is 98.7 cm³/mol. The number of benzene rings is 1. The molecule has 7 nitrogen and oxygen atoms in total. The molecule has 2 saturated heterocycles. The number of hydrogen-bond donors (Lipinski definition) is 0. The van der Waals surface area contributed by atoms with Crippen molar-refractivity contribution in [3.05, 3.63) is 23.8 Å². The van der Waals surface area contributed by atoms with Crippen LogP contribution in [0.3, 0.4) is 0 Å². The van der Waals surface area contributed by atoms with Crippen LogP contribution in [-0.4, -0.2) is 81.4 Å². The first-order valence-corrected chi connectivity index (χ1v) is 10.4. The molecule has 0 spiro atoms. The molecule has 1 amide bonds. The lowest BCUT2D eigenvalue weighted by molar-refractivity contribution is -0.136. The van der Waals surface area contributed by atoms with Crippen molar-refractivity contribution >= 4 is 15.9 Å². The van der Waals surface area contributed by atoms with Crippen LogP contribution in [0.2, 0.25) is 0 Å². The van der Waals surface area contributed by atoms with Crippen molar-refractivity contribution in [2.24, 2.45) is 0 Å². The van der Waals surface area contributed by atoms with Crippen molar-refractivity contribution in [1.82, 2.24) is 14.1 Å². The van der Waals surface area contributed by atoms with Gasteiger partial charge in [0.25, 0.3) is 0 Å². The standard InChI is InChI=1S/C18H27N3O4S/c1-14-6-7-15(25-3)13-17(14)26(23,24)21-8-4-5-16(21)18(22)20-11-9-19(2)10-12-20/h6-7,13,16H,4-5,8-12H2,1-3H3/t16-/m1/s1. The van der Waals surface area contributed by atoms with Gasteiger partial charge < -0.3 is 14.5 Å². The van der Waals surface area contributed by atoms with Gasteiger partial charge in [-0.15, -0.1) is 0 Å². The van der Waals surface area contributed by atoms with Crippen molar-refractivity contribution in [1.29, 1.82) is 0 Å². The van der Waals surface area contributed by atoms with E-state index >= 15 is 0 Å². The van der Waals surface area contributed by atoms with E-state index in [0.29, 0.717) is 43.8 Å². The zero-order valence-electron chi connectivity index (χ0n) is 15.6. The number of likely N-dealkylation sites (N-methyl/N-ethyl adjacent to an activating group) is 1. The summed E-state index contributed by atoms with van der Waals surface area (Å²) in [5.74, 6) is 0.426. The highest BCUT2D eigenvalue weighted by atomic mass is 32.2.